The van der Waals surface area contributed by atoms with Crippen molar-refractivity contribution in [3.8, 4) is 11.5 Å². The molecule has 0 aromatic heterocycles. The molecule has 0 heterocycles. The molecule has 0 saturated carbocycles. The summed E-state index contributed by atoms with van der Waals surface area (Å²) in [5.74, 6) is 1.56. The van der Waals surface area contributed by atoms with E-state index in [-0.39, 0.29) is 0 Å². The molecule has 0 fully saturated rings. The predicted octanol–water partition coefficient (Wildman–Crippen LogP) is 4.24. The summed E-state index contributed by atoms with van der Waals surface area (Å²) in [4.78, 5) is 0. The Balaban J connectivity index is 2.98. The van der Waals surface area contributed by atoms with Crippen molar-refractivity contribution in [2.24, 2.45) is 0 Å². The van der Waals surface area contributed by atoms with Gasteiger partial charge in [-0.15, -0.1) is 0 Å². The van der Waals surface area contributed by atoms with Crippen LogP contribution in [0.4, 0.5) is 0 Å². The summed E-state index contributed by atoms with van der Waals surface area (Å²) < 4.78 is 11.1. The zero-order chi connectivity index (χ0) is 13.4. The van der Waals surface area contributed by atoms with Gasteiger partial charge in [0.2, 0.25) is 0 Å². The van der Waals surface area contributed by atoms with Crippen molar-refractivity contribution in [3.63, 3.8) is 0 Å². The Bertz CT molecular complexity index is 410. The predicted molar refractivity (Wildman–Crippen MR) is 77.2 cm³/mol. The fourth-order valence-corrected chi connectivity index (χ4v) is 1.49. The van der Waals surface area contributed by atoms with E-state index in [0.29, 0.717) is 13.2 Å². The van der Waals surface area contributed by atoms with Gasteiger partial charge in [-0.3, -0.25) is 0 Å². The lowest BCUT2D eigenvalue weighted by atomic mass is 10.1. The molecule has 0 radical (unpaired) electrons. The lowest BCUT2D eigenvalue weighted by Gasteiger charge is -2.09. The first-order valence-corrected chi connectivity index (χ1v) is 5.93. The molecular formula is C16H20O2. The third kappa shape index (κ3) is 4.91. The fraction of sp³-hybridized carbons (Fsp3) is 0.250. The SMILES string of the molecule is C=CCOc1cc(C=C(C)C)cc(OCC=C)c1. The number of rotatable bonds is 7. The molecule has 0 saturated heterocycles. The molecule has 0 atom stereocenters. The van der Waals surface area contributed by atoms with Crippen molar-refractivity contribution in [3.05, 3.63) is 54.6 Å². The molecular weight excluding hydrogens is 224 g/mol. The minimum Gasteiger partial charge on any atom is -0.489 e. The highest BCUT2D eigenvalue weighted by Gasteiger charge is 2.01. The molecule has 1 aromatic carbocycles. The molecule has 2 nitrogen and oxygen atoms in total. The summed E-state index contributed by atoms with van der Waals surface area (Å²) in [5, 5.41) is 0. The molecule has 0 spiro atoms. The van der Waals surface area contributed by atoms with Gasteiger partial charge in [0.15, 0.2) is 0 Å². The van der Waals surface area contributed by atoms with Gasteiger partial charge >= 0.3 is 0 Å². The van der Waals surface area contributed by atoms with Crippen LogP contribution in [0.15, 0.2) is 49.1 Å². The van der Waals surface area contributed by atoms with E-state index in [9.17, 15) is 0 Å². The first-order chi connectivity index (χ1) is 8.65. The molecule has 0 N–H and O–H groups in total. The highest BCUT2D eigenvalue weighted by atomic mass is 16.5. The molecule has 96 valence electrons. The van der Waals surface area contributed by atoms with Crippen LogP contribution < -0.4 is 9.47 Å². The molecule has 0 unspecified atom stereocenters. The molecule has 0 amide bonds. The van der Waals surface area contributed by atoms with Crippen LogP contribution in [0.5, 0.6) is 11.5 Å². The molecule has 18 heavy (non-hydrogen) atoms. The van der Waals surface area contributed by atoms with Crippen molar-refractivity contribution in [1.82, 2.24) is 0 Å². The smallest absolute Gasteiger partial charge is 0.124 e. The minimum atomic E-state index is 0.485. The average molecular weight is 244 g/mol. The van der Waals surface area contributed by atoms with E-state index in [2.05, 4.69) is 33.1 Å². The first-order valence-electron chi connectivity index (χ1n) is 5.93. The highest BCUT2D eigenvalue weighted by Crippen LogP contribution is 2.24. The number of benzene rings is 1. The largest absolute Gasteiger partial charge is 0.489 e. The third-order valence-electron chi connectivity index (χ3n) is 2.09. The lowest BCUT2D eigenvalue weighted by Crippen LogP contribution is -1.97. The van der Waals surface area contributed by atoms with Gasteiger partial charge in [0.25, 0.3) is 0 Å². The maximum absolute atomic E-state index is 5.54. The van der Waals surface area contributed by atoms with Gasteiger partial charge in [0, 0.05) is 6.07 Å². The van der Waals surface area contributed by atoms with Crippen LogP contribution in [0, 0.1) is 0 Å². The van der Waals surface area contributed by atoms with Crippen molar-refractivity contribution >= 4 is 6.08 Å². The van der Waals surface area contributed by atoms with Crippen LogP contribution in [0.25, 0.3) is 6.08 Å². The van der Waals surface area contributed by atoms with Crippen LogP contribution in [-0.2, 0) is 0 Å². The summed E-state index contributed by atoms with van der Waals surface area (Å²) in [7, 11) is 0. The second-order valence-corrected chi connectivity index (χ2v) is 4.16. The van der Waals surface area contributed by atoms with Crippen LogP contribution in [-0.4, -0.2) is 13.2 Å². The van der Waals surface area contributed by atoms with Crippen molar-refractivity contribution < 1.29 is 9.47 Å². The number of ether oxygens (including phenoxy) is 2. The summed E-state index contributed by atoms with van der Waals surface area (Å²) in [6.07, 6.45) is 5.53. The molecule has 2 heteroatoms. The van der Waals surface area contributed by atoms with E-state index in [4.69, 9.17) is 9.47 Å². The Labute approximate surface area is 109 Å². The zero-order valence-electron chi connectivity index (χ0n) is 11.1. The molecule has 0 aliphatic rings. The highest BCUT2D eigenvalue weighted by molar-refractivity contribution is 5.57. The van der Waals surface area contributed by atoms with Gasteiger partial charge in [0.05, 0.1) is 0 Å². The first kappa shape index (κ1) is 14.1. The van der Waals surface area contributed by atoms with Gasteiger partial charge < -0.3 is 9.47 Å². The molecule has 1 rings (SSSR count). The number of hydrogen-bond acceptors (Lipinski definition) is 2. The maximum atomic E-state index is 5.54. The van der Waals surface area contributed by atoms with E-state index in [0.717, 1.165) is 17.1 Å². The Morgan fingerprint density at radius 3 is 1.89 bits per heavy atom. The van der Waals surface area contributed by atoms with Crippen LogP contribution in [0.1, 0.15) is 19.4 Å². The van der Waals surface area contributed by atoms with Gasteiger partial charge in [0.1, 0.15) is 24.7 Å². The van der Waals surface area contributed by atoms with Gasteiger partial charge in [-0.25, -0.2) is 0 Å². The van der Waals surface area contributed by atoms with E-state index >= 15 is 0 Å². The van der Waals surface area contributed by atoms with Gasteiger partial charge in [-0.1, -0.05) is 37.0 Å². The topological polar surface area (TPSA) is 18.5 Å². The van der Waals surface area contributed by atoms with Crippen molar-refractivity contribution in [2.45, 2.75) is 13.8 Å². The molecule has 0 aliphatic carbocycles. The Morgan fingerprint density at radius 2 is 1.50 bits per heavy atom. The fourth-order valence-electron chi connectivity index (χ4n) is 1.49. The molecule has 0 bridgehead atoms. The number of hydrogen-bond donors (Lipinski definition) is 0. The van der Waals surface area contributed by atoms with E-state index < -0.39 is 0 Å². The van der Waals surface area contributed by atoms with E-state index in [1.165, 1.54) is 5.57 Å². The molecule has 0 aliphatic heterocycles. The number of allylic oxidation sites excluding steroid dienone is 1. The van der Waals surface area contributed by atoms with Crippen LogP contribution >= 0.6 is 0 Å². The summed E-state index contributed by atoms with van der Waals surface area (Å²) in [5.41, 5.74) is 2.29. The van der Waals surface area contributed by atoms with Crippen molar-refractivity contribution in [2.75, 3.05) is 13.2 Å². The average Bonchev–Trinajstić information content (AvgIpc) is 2.33. The minimum absolute atomic E-state index is 0.485. The second kappa shape index (κ2) is 7.38. The van der Waals surface area contributed by atoms with E-state index in [1.54, 1.807) is 12.2 Å². The normalized spacial score (nSPS) is 9.44. The quantitative estimate of drug-likeness (QED) is 0.668. The van der Waals surface area contributed by atoms with Crippen molar-refractivity contribution in [1.29, 1.82) is 0 Å². The Morgan fingerprint density at radius 1 is 1.00 bits per heavy atom. The van der Waals surface area contributed by atoms with E-state index in [1.807, 2.05) is 18.2 Å². The van der Waals surface area contributed by atoms with Gasteiger partial charge in [-0.2, -0.15) is 0 Å². The van der Waals surface area contributed by atoms with Crippen LogP contribution in [0.3, 0.4) is 0 Å². The Kier molecular flexibility index (Phi) is 5.78. The second-order valence-electron chi connectivity index (χ2n) is 4.16. The van der Waals surface area contributed by atoms with Gasteiger partial charge in [-0.05, 0) is 31.5 Å². The van der Waals surface area contributed by atoms with Crippen LogP contribution in [0.2, 0.25) is 0 Å². The maximum Gasteiger partial charge on any atom is 0.124 e. The standard InChI is InChI=1S/C16H20O2/c1-5-7-17-15-10-14(9-13(3)4)11-16(12-15)18-8-6-2/h5-6,9-12H,1-2,7-8H2,3-4H3. The lowest BCUT2D eigenvalue weighted by molar-refractivity contribution is 0.345. The Hall–Kier alpha value is -1.96. The zero-order valence-corrected chi connectivity index (χ0v) is 11.1. The monoisotopic (exact) mass is 244 g/mol. The summed E-state index contributed by atoms with van der Waals surface area (Å²) >= 11 is 0. The molecule has 1 aromatic rings. The summed E-state index contributed by atoms with van der Waals surface area (Å²) in [6.45, 7) is 12.4. The summed E-state index contributed by atoms with van der Waals surface area (Å²) in [6, 6.07) is 5.84. The third-order valence-corrected chi connectivity index (χ3v) is 2.09.